The van der Waals surface area contributed by atoms with Gasteiger partial charge in [-0.15, -0.1) is 0 Å². The average molecular weight is 595 g/mol. The molecular weight excluding hydrogens is 556 g/mol. The maximum Gasteiger partial charge on any atom is 0.263 e. The molecule has 0 saturated carbocycles. The Bertz CT molecular complexity index is 1610. The molecule has 3 amide bonds. The number of imide groups is 1. The Balaban J connectivity index is 1.02. The number of amides is 3. The number of hydrogen-bond acceptors (Lipinski definition) is 7. The molecule has 0 N–H and O–H groups in total. The highest BCUT2D eigenvalue weighted by Crippen LogP contribution is 2.36. The summed E-state index contributed by atoms with van der Waals surface area (Å²) in [6.07, 6.45) is 1.21. The average Bonchev–Trinajstić information content (AvgIpc) is 3.30. The van der Waals surface area contributed by atoms with Crippen LogP contribution in [0.15, 0.2) is 60.7 Å². The van der Waals surface area contributed by atoms with E-state index in [1.54, 1.807) is 6.07 Å². The minimum atomic E-state index is -0.456. The van der Waals surface area contributed by atoms with E-state index >= 15 is 0 Å². The minimum absolute atomic E-state index is 0.106. The molecule has 7 rings (SSSR count). The molecule has 228 valence electrons. The van der Waals surface area contributed by atoms with Crippen LogP contribution >= 0.6 is 0 Å². The van der Waals surface area contributed by atoms with E-state index in [4.69, 9.17) is 9.47 Å². The lowest BCUT2D eigenvalue weighted by Crippen LogP contribution is -2.53. The van der Waals surface area contributed by atoms with Gasteiger partial charge in [0.25, 0.3) is 11.8 Å². The summed E-state index contributed by atoms with van der Waals surface area (Å²) in [7, 11) is 0. The van der Waals surface area contributed by atoms with E-state index < -0.39 is 6.10 Å². The van der Waals surface area contributed by atoms with Gasteiger partial charge in [0.15, 0.2) is 17.6 Å². The standard InChI is InChI=1S/C35H38N4O5/c1-23-8-5-11-28(24(23)2)36-16-18-37(19-17-36)33(40)25-9-7-15-38(20-25)29-12-6-10-27-32(29)35(42)39(34(27)41)21-26-22-43-30-13-3-4-14-31(30)44-26/h3-6,8,10-14,25-26H,7,9,15-22H2,1-2H3. The molecule has 4 aliphatic heterocycles. The zero-order valence-electron chi connectivity index (χ0n) is 25.3. The van der Waals surface area contributed by atoms with Gasteiger partial charge in [-0.1, -0.05) is 30.3 Å². The van der Waals surface area contributed by atoms with Crippen LogP contribution in [0.4, 0.5) is 11.4 Å². The van der Waals surface area contributed by atoms with E-state index in [1.165, 1.54) is 21.7 Å². The smallest absolute Gasteiger partial charge is 0.263 e. The number of aryl methyl sites for hydroxylation is 1. The van der Waals surface area contributed by atoms with Crippen LogP contribution in [0.2, 0.25) is 0 Å². The Labute approximate surface area is 257 Å². The predicted octanol–water partition coefficient (Wildman–Crippen LogP) is 4.30. The normalized spacial score (nSPS) is 21.5. The highest BCUT2D eigenvalue weighted by atomic mass is 16.6. The van der Waals surface area contributed by atoms with Crippen LogP contribution < -0.4 is 19.3 Å². The molecule has 9 nitrogen and oxygen atoms in total. The number of ether oxygens (including phenoxy) is 2. The van der Waals surface area contributed by atoms with Crippen molar-refractivity contribution in [3.8, 4) is 11.5 Å². The highest BCUT2D eigenvalue weighted by Gasteiger charge is 2.41. The molecule has 3 aromatic carbocycles. The number of hydrogen-bond donors (Lipinski definition) is 0. The van der Waals surface area contributed by atoms with Crippen molar-refractivity contribution in [2.75, 3.05) is 62.2 Å². The van der Waals surface area contributed by atoms with Crippen molar-refractivity contribution in [2.24, 2.45) is 5.92 Å². The molecule has 0 spiro atoms. The van der Waals surface area contributed by atoms with Crippen molar-refractivity contribution in [3.05, 3.63) is 82.9 Å². The van der Waals surface area contributed by atoms with Gasteiger partial charge in [-0.3, -0.25) is 19.3 Å². The van der Waals surface area contributed by atoms with Crippen LogP contribution in [0.5, 0.6) is 11.5 Å². The van der Waals surface area contributed by atoms with Gasteiger partial charge >= 0.3 is 0 Å². The molecular formula is C35H38N4O5. The van der Waals surface area contributed by atoms with E-state index in [1.807, 2.05) is 41.3 Å². The molecule has 2 saturated heterocycles. The zero-order valence-corrected chi connectivity index (χ0v) is 25.3. The first-order chi connectivity index (χ1) is 21.4. The van der Waals surface area contributed by atoms with E-state index in [9.17, 15) is 14.4 Å². The molecule has 2 fully saturated rings. The molecule has 2 unspecified atom stereocenters. The first kappa shape index (κ1) is 28.3. The molecule has 0 bridgehead atoms. The van der Waals surface area contributed by atoms with Gasteiger partial charge in [0.1, 0.15) is 6.61 Å². The third-order valence-electron chi connectivity index (χ3n) is 9.55. The summed E-state index contributed by atoms with van der Waals surface area (Å²) < 4.78 is 11.9. The number of benzene rings is 3. The minimum Gasteiger partial charge on any atom is -0.486 e. The number of rotatable bonds is 5. The zero-order chi connectivity index (χ0) is 30.4. The van der Waals surface area contributed by atoms with Crippen molar-refractivity contribution < 1.29 is 23.9 Å². The largest absolute Gasteiger partial charge is 0.486 e. The number of para-hydroxylation sites is 2. The third-order valence-corrected chi connectivity index (χ3v) is 9.55. The van der Waals surface area contributed by atoms with Crippen molar-refractivity contribution in [2.45, 2.75) is 32.8 Å². The Kier molecular flexibility index (Phi) is 7.40. The van der Waals surface area contributed by atoms with Crippen LogP contribution in [0.25, 0.3) is 0 Å². The van der Waals surface area contributed by atoms with Crippen LogP contribution in [-0.2, 0) is 4.79 Å². The summed E-state index contributed by atoms with van der Waals surface area (Å²) in [4.78, 5) is 48.7. The quantitative estimate of drug-likeness (QED) is 0.408. The summed E-state index contributed by atoms with van der Waals surface area (Å²) in [6.45, 7) is 8.94. The lowest BCUT2D eigenvalue weighted by Gasteiger charge is -2.40. The van der Waals surface area contributed by atoms with Gasteiger partial charge in [0, 0.05) is 45.0 Å². The lowest BCUT2D eigenvalue weighted by atomic mass is 9.94. The van der Waals surface area contributed by atoms with Gasteiger partial charge in [-0.05, 0) is 68.1 Å². The van der Waals surface area contributed by atoms with Crippen LogP contribution in [0, 0.1) is 19.8 Å². The number of anilines is 2. The Morgan fingerprint density at radius 2 is 1.57 bits per heavy atom. The second-order valence-corrected chi connectivity index (χ2v) is 12.2. The fraction of sp³-hybridized carbons (Fsp3) is 0.400. The summed E-state index contributed by atoms with van der Waals surface area (Å²) >= 11 is 0. The number of nitrogens with zero attached hydrogens (tertiary/aromatic N) is 4. The number of piperazine rings is 1. The molecule has 9 heteroatoms. The molecule has 2 atom stereocenters. The second kappa shape index (κ2) is 11.5. The van der Waals surface area contributed by atoms with Gasteiger partial charge in [-0.2, -0.15) is 0 Å². The van der Waals surface area contributed by atoms with Crippen molar-refractivity contribution >= 4 is 29.1 Å². The summed E-state index contributed by atoms with van der Waals surface area (Å²) in [5, 5.41) is 0. The van der Waals surface area contributed by atoms with E-state index in [-0.39, 0.29) is 36.8 Å². The Morgan fingerprint density at radius 1 is 0.818 bits per heavy atom. The van der Waals surface area contributed by atoms with E-state index in [2.05, 4.69) is 41.8 Å². The van der Waals surface area contributed by atoms with Crippen molar-refractivity contribution in [1.29, 1.82) is 0 Å². The summed E-state index contributed by atoms with van der Waals surface area (Å²) in [6, 6.07) is 19.2. The number of carbonyl (C=O) groups is 3. The number of fused-ring (bicyclic) bond motifs is 2. The van der Waals surface area contributed by atoms with Crippen molar-refractivity contribution in [3.63, 3.8) is 0 Å². The van der Waals surface area contributed by atoms with Crippen LogP contribution in [0.3, 0.4) is 0 Å². The molecule has 44 heavy (non-hydrogen) atoms. The van der Waals surface area contributed by atoms with Gasteiger partial charge < -0.3 is 24.2 Å². The maximum absolute atomic E-state index is 13.7. The van der Waals surface area contributed by atoms with Crippen molar-refractivity contribution in [1.82, 2.24) is 9.80 Å². The first-order valence-electron chi connectivity index (χ1n) is 15.6. The van der Waals surface area contributed by atoms with E-state index in [0.29, 0.717) is 42.3 Å². The topological polar surface area (TPSA) is 82.6 Å². The molecule has 4 heterocycles. The predicted molar refractivity (Wildman–Crippen MR) is 168 cm³/mol. The number of carbonyl (C=O) groups excluding carboxylic acids is 3. The van der Waals surface area contributed by atoms with Gasteiger partial charge in [-0.25, -0.2) is 0 Å². The SMILES string of the molecule is Cc1cccc(N2CCN(C(=O)C3CCCN(c4cccc5c4C(=O)N(CC4COc6ccccc6O4)C5=O)C3)CC2)c1C. The molecule has 4 aliphatic rings. The summed E-state index contributed by atoms with van der Waals surface area (Å²) in [5.41, 5.74) is 5.38. The molecule has 0 radical (unpaired) electrons. The molecule has 0 aliphatic carbocycles. The second-order valence-electron chi connectivity index (χ2n) is 12.2. The highest BCUT2D eigenvalue weighted by molar-refractivity contribution is 6.23. The fourth-order valence-corrected chi connectivity index (χ4v) is 7.00. The summed E-state index contributed by atoms with van der Waals surface area (Å²) in [5.74, 6) is 0.659. The van der Waals surface area contributed by atoms with Gasteiger partial charge in [0.2, 0.25) is 5.91 Å². The Morgan fingerprint density at radius 3 is 2.39 bits per heavy atom. The number of piperidine rings is 1. The maximum atomic E-state index is 13.7. The first-order valence-corrected chi connectivity index (χ1v) is 15.6. The molecule has 0 aromatic heterocycles. The van der Waals surface area contributed by atoms with Crippen LogP contribution in [-0.4, -0.2) is 86.0 Å². The van der Waals surface area contributed by atoms with Gasteiger partial charge in [0.05, 0.1) is 29.3 Å². The third kappa shape index (κ3) is 5.04. The van der Waals surface area contributed by atoms with Crippen LogP contribution in [0.1, 0.15) is 44.7 Å². The monoisotopic (exact) mass is 594 g/mol. The van der Waals surface area contributed by atoms with E-state index in [0.717, 1.165) is 38.2 Å². The lowest BCUT2D eigenvalue weighted by molar-refractivity contribution is -0.136. The Hall–Kier alpha value is -4.53. The molecule has 3 aromatic rings. The fourth-order valence-electron chi connectivity index (χ4n) is 7.00.